The molecule has 1 fully saturated rings. The Balaban J connectivity index is 1.96. The van der Waals surface area contributed by atoms with Crippen LogP contribution in [0.15, 0.2) is 17.1 Å². The number of guanidine groups is 1. The largest absolute Gasteiger partial charge is 0.340 e. The van der Waals surface area contributed by atoms with Crippen molar-refractivity contribution in [3.63, 3.8) is 0 Å². The lowest BCUT2D eigenvalue weighted by molar-refractivity contribution is 0.313. The molecule has 4 heteroatoms. The zero-order valence-electron chi connectivity index (χ0n) is 11.0. The smallest absolute Gasteiger partial charge is 0.197 e. The maximum absolute atomic E-state index is 4.78. The summed E-state index contributed by atoms with van der Waals surface area (Å²) in [6.45, 7) is 10.8. The Morgan fingerprint density at radius 3 is 2.82 bits per heavy atom. The minimum Gasteiger partial charge on any atom is -0.340 e. The van der Waals surface area contributed by atoms with Gasteiger partial charge in [0.25, 0.3) is 0 Å². The van der Waals surface area contributed by atoms with Crippen LogP contribution in [0.2, 0.25) is 0 Å². The molecule has 0 aromatic rings. The van der Waals surface area contributed by atoms with Crippen molar-refractivity contribution in [3.8, 4) is 0 Å². The minimum atomic E-state index is 0.440. The molecule has 17 heavy (non-hydrogen) atoms. The highest BCUT2D eigenvalue weighted by atomic mass is 15.4. The standard InChI is InChI=1S/C13H24N4/c1-3-4-5-8-17-11-12(2)15-13(17)16-9-6-14-7-10-16/h4-5,12,14H,3,6-11H2,1-2H3. The fraction of sp³-hybridized carbons (Fsp3) is 0.769. The van der Waals surface area contributed by atoms with Crippen LogP contribution >= 0.6 is 0 Å². The highest BCUT2D eigenvalue weighted by Gasteiger charge is 2.26. The summed E-state index contributed by atoms with van der Waals surface area (Å²) in [4.78, 5) is 9.60. The Morgan fingerprint density at radius 1 is 1.35 bits per heavy atom. The molecule has 2 aliphatic rings. The molecule has 96 valence electrons. The molecule has 1 N–H and O–H groups in total. The summed E-state index contributed by atoms with van der Waals surface area (Å²) in [5.74, 6) is 1.21. The van der Waals surface area contributed by atoms with E-state index in [0.717, 1.165) is 45.7 Å². The Morgan fingerprint density at radius 2 is 2.12 bits per heavy atom. The molecule has 0 aromatic heterocycles. The molecule has 0 aromatic carbocycles. The topological polar surface area (TPSA) is 30.9 Å². The third kappa shape index (κ3) is 3.22. The Labute approximate surface area is 104 Å². The molecule has 4 nitrogen and oxygen atoms in total. The van der Waals surface area contributed by atoms with Crippen molar-refractivity contribution >= 4 is 5.96 Å². The normalized spacial score (nSPS) is 25.8. The van der Waals surface area contributed by atoms with Gasteiger partial charge in [-0.1, -0.05) is 19.1 Å². The summed E-state index contributed by atoms with van der Waals surface area (Å²) in [6, 6.07) is 0.440. The highest BCUT2D eigenvalue weighted by Crippen LogP contribution is 2.12. The number of hydrogen-bond acceptors (Lipinski definition) is 4. The van der Waals surface area contributed by atoms with Crippen LogP contribution in [0.4, 0.5) is 0 Å². The van der Waals surface area contributed by atoms with E-state index in [4.69, 9.17) is 4.99 Å². The van der Waals surface area contributed by atoms with Crippen LogP contribution in [0, 0.1) is 0 Å². The number of hydrogen-bond donors (Lipinski definition) is 1. The van der Waals surface area contributed by atoms with Gasteiger partial charge in [-0.2, -0.15) is 0 Å². The van der Waals surface area contributed by atoms with E-state index in [2.05, 4.69) is 41.1 Å². The molecule has 1 unspecified atom stereocenters. The van der Waals surface area contributed by atoms with Crippen molar-refractivity contribution < 1.29 is 0 Å². The van der Waals surface area contributed by atoms with Gasteiger partial charge in [0, 0.05) is 39.3 Å². The molecule has 1 saturated heterocycles. The predicted molar refractivity (Wildman–Crippen MR) is 72.3 cm³/mol. The quantitative estimate of drug-likeness (QED) is 0.739. The average Bonchev–Trinajstić information content (AvgIpc) is 2.72. The first kappa shape index (κ1) is 12.4. The van der Waals surface area contributed by atoms with Gasteiger partial charge in [-0.05, 0) is 13.3 Å². The predicted octanol–water partition coefficient (Wildman–Crippen LogP) is 0.918. The molecule has 2 aliphatic heterocycles. The summed E-state index contributed by atoms with van der Waals surface area (Å²) < 4.78 is 0. The number of nitrogens with one attached hydrogen (secondary N) is 1. The van der Waals surface area contributed by atoms with Crippen molar-refractivity contribution in [1.29, 1.82) is 0 Å². The molecule has 0 aliphatic carbocycles. The highest BCUT2D eigenvalue weighted by molar-refractivity contribution is 5.82. The van der Waals surface area contributed by atoms with Crippen LogP contribution in [0.25, 0.3) is 0 Å². The van der Waals surface area contributed by atoms with Crippen molar-refractivity contribution in [2.24, 2.45) is 4.99 Å². The van der Waals surface area contributed by atoms with E-state index < -0.39 is 0 Å². The lowest BCUT2D eigenvalue weighted by atomic mass is 10.3. The van der Waals surface area contributed by atoms with Gasteiger partial charge in [-0.15, -0.1) is 0 Å². The van der Waals surface area contributed by atoms with Gasteiger partial charge in [0.15, 0.2) is 5.96 Å². The Hall–Kier alpha value is -1.03. The fourth-order valence-electron chi connectivity index (χ4n) is 2.39. The summed E-state index contributed by atoms with van der Waals surface area (Å²) >= 11 is 0. The number of piperazine rings is 1. The van der Waals surface area contributed by atoms with Gasteiger partial charge < -0.3 is 15.1 Å². The fourth-order valence-corrected chi connectivity index (χ4v) is 2.39. The second-order valence-corrected chi connectivity index (χ2v) is 4.80. The van der Waals surface area contributed by atoms with E-state index in [9.17, 15) is 0 Å². The zero-order chi connectivity index (χ0) is 12.1. The number of rotatable bonds is 3. The van der Waals surface area contributed by atoms with Crippen LogP contribution in [0.5, 0.6) is 0 Å². The number of aliphatic imine (C=N–C) groups is 1. The van der Waals surface area contributed by atoms with Gasteiger partial charge in [-0.3, -0.25) is 0 Å². The van der Waals surface area contributed by atoms with E-state index in [0.29, 0.717) is 6.04 Å². The van der Waals surface area contributed by atoms with Gasteiger partial charge in [0.2, 0.25) is 0 Å². The second-order valence-electron chi connectivity index (χ2n) is 4.80. The van der Waals surface area contributed by atoms with Crippen molar-refractivity contribution in [1.82, 2.24) is 15.1 Å². The van der Waals surface area contributed by atoms with Gasteiger partial charge in [0.1, 0.15) is 0 Å². The minimum absolute atomic E-state index is 0.440. The third-order valence-electron chi connectivity index (χ3n) is 3.23. The molecule has 0 amide bonds. The zero-order valence-corrected chi connectivity index (χ0v) is 11.0. The first-order chi connectivity index (χ1) is 8.31. The summed E-state index contributed by atoms with van der Waals surface area (Å²) in [5, 5.41) is 3.39. The van der Waals surface area contributed by atoms with Gasteiger partial charge in [0.05, 0.1) is 6.04 Å². The van der Waals surface area contributed by atoms with Gasteiger partial charge in [-0.25, -0.2) is 4.99 Å². The van der Waals surface area contributed by atoms with E-state index in [-0.39, 0.29) is 0 Å². The van der Waals surface area contributed by atoms with Crippen LogP contribution in [0.1, 0.15) is 20.3 Å². The molecular formula is C13H24N4. The monoisotopic (exact) mass is 236 g/mol. The van der Waals surface area contributed by atoms with Gasteiger partial charge >= 0.3 is 0 Å². The van der Waals surface area contributed by atoms with Crippen LogP contribution in [-0.4, -0.2) is 61.1 Å². The third-order valence-corrected chi connectivity index (χ3v) is 3.23. The Kier molecular flexibility index (Phi) is 4.42. The van der Waals surface area contributed by atoms with Crippen molar-refractivity contribution in [2.75, 3.05) is 39.3 Å². The molecule has 2 rings (SSSR count). The number of nitrogens with zero attached hydrogens (tertiary/aromatic N) is 3. The van der Waals surface area contributed by atoms with Crippen LogP contribution in [0.3, 0.4) is 0 Å². The molecule has 0 radical (unpaired) electrons. The maximum atomic E-state index is 4.78. The van der Waals surface area contributed by atoms with E-state index >= 15 is 0 Å². The molecule has 1 atom stereocenters. The van der Waals surface area contributed by atoms with E-state index in [1.165, 1.54) is 5.96 Å². The van der Waals surface area contributed by atoms with Crippen LogP contribution < -0.4 is 5.32 Å². The number of allylic oxidation sites excluding steroid dienone is 1. The lowest BCUT2D eigenvalue weighted by Crippen LogP contribution is -2.51. The second kappa shape index (κ2) is 6.05. The summed E-state index contributed by atoms with van der Waals surface area (Å²) in [7, 11) is 0. The molecule has 0 saturated carbocycles. The lowest BCUT2D eigenvalue weighted by Gasteiger charge is -2.33. The molecule has 0 spiro atoms. The molecule has 2 heterocycles. The van der Waals surface area contributed by atoms with Crippen molar-refractivity contribution in [2.45, 2.75) is 26.3 Å². The summed E-state index contributed by atoms with van der Waals surface area (Å²) in [5.41, 5.74) is 0. The maximum Gasteiger partial charge on any atom is 0.197 e. The summed E-state index contributed by atoms with van der Waals surface area (Å²) in [6.07, 6.45) is 5.61. The average molecular weight is 236 g/mol. The Bertz CT molecular complexity index is 292. The van der Waals surface area contributed by atoms with Crippen LogP contribution in [-0.2, 0) is 0 Å². The first-order valence-corrected chi connectivity index (χ1v) is 6.74. The van der Waals surface area contributed by atoms with Crippen molar-refractivity contribution in [3.05, 3.63) is 12.2 Å². The van der Waals surface area contributed by atoms with E-state index in [1.807, 2.05) is 0 Å². The molecular weight excluding hydrogens is 212 g/mol. The molecule has 0 bridgehead atoms. The first-order valence-electron chi connectivity index (χ1n) is 6.74. The SMILES string of the molecule is CCC=CCN1CC(C)N=C1N1CCNCC1. The van der Waals surface area contributed by atoms with E-state index in [1.54, 1.807) is 0 Å².